The Morgan fingerprint density at radius 3 is 2.10 bits per heavy atom. The van der Waals surface area contributed by atoms with Crippen LogP contribution in [0.3, 0.4) is 0 Å². The molecule has 0 atom stereocenters. The van der Waals surface area contributed by atoms with Crippen molar-refractivity contribution in [2.45, 2.75) is 59.3 Å². The number of carbonyl (C=O) groups excluding carboxylic acids is 4. The van der Waals surface area contributed by atoms with Crippen molar-refractivity contribution in [1.29, 1.82) is 0 Å². The number of anilines is 1. The highest BCUT2D eigenvalue weighted by molar-refractivity contribution is 7.82. The van der Waals surface area contributed by atoms with Crippen LogP contribution in [0.4, 0.5) is 5.69 Å². The second-order valence-corrected chi connectivity index (χ2v) is 8.81. The first-order valence-electron chi connectivity index (χ1n) is 13.4. The van der Waals surface area contributed by atoms with Gasteiger partial charge in [0, 0.05) is 24.2 Å². The van der Waals surface area contributed by atoms with Crippen molar-refractivity contribution < 1.29 is 24.3 Å². The predicted octanol–water partition coefficient (Wildman–Crippen LogP) is 2.69. The molecule has 3 amide bonds. The minimum atomic E-state index is -1.07. The van der Waals surface area contributed by atoms with E-state index in [1.807, 2.05) is 41.1 Å². The number of primary amides is 2. The number of likely N-dealkylation sites (N-methyl/N-ethyl adjacent to an activating group) is 1. The van der Waals surface area contributed by atoms with E-state index < -0.39 is 17.7 Å². The van der Waals surface area contributed by atoms with Crippen LogP contribution >= 0.6 is 12.2 Å². The molecule has 0 unspecified atom stereocenters. The number of hydrogen-bond donors (Lipinski definition) is 6. The minimum absolute atomic E-state index is 0.00210. The van der Waals surface area contributed by atoms with Gasteiger partial charge in [-0.2, -0.15) is 0 Å². The summed E-state index contributed by atoms with van der Waals surface area (Å²) in [7, 11) is 5.78. The molecule has 1 aromatic rings. The number of rotatable bonds is 7. The maximum atomic E-state index is 10.8. The fraction of sp³-hybridized carbons (Fsp3) is 0.536. The summed E-state index contributed by atoms with van der Waals surface area (Å²) in [5.41, 5.74) is 9.97. The third-order valence-electron chi connectivity index (χ3n) is 4.75. The van der Waals surface area contributed by atoms with Gasteiger partial charge in [0.1, 0.15) is 12.0 Å². The van der Waals surface area contributed by atoms with E-state index in [1.54, 1.807) is 6.20 Å². The Morgan fingerprint density at radius 1 is 1.10 bits per heavy atom. The zero-order valence-corrected chi connectivity index (χ0v) is 25.7. The molecule has 12 heteroatoms. The number of nitrogens with zero attached hydrogens (tertiary/aromatic N) is 1. The molecule has 228 valence electrons. The number of phenolic OH excluding ortho intramolecular Hbond substituents is 1. The normalized spacial score (nSPS) is 12.0. The summed E-state index contributed by atoms with van der Waals surface area (Å²) in [5.74, 6) is -2.17. The fourth-order valence-corrected chi connectivity index (χ4v) is 3.03. The molecule has 0 radical (unpaired) electrons. The fourth-order valence-electron chi connectivity index (χ4n) is 2.96. The van der Waals surface area contributed by atoms with E-state index in [-0.39, 0.29) is 10.7 Å². The number of phenols is 1. The zero-order chi connectivity index (χ0) is 31.3. The molecule has 0 bridgehead atoms. The van der Waals surface area contributed by atoms with Crippen molar-refractivity contribution in [2.24, 2.45) is 17.4 Å². The molecule has 1 aliphatic rings. The number of nitrogens with two attached hydrogens (primary N) is 2. The summed E-state index contributed by atoms with van der Waals surface area (Å²) in [5, 5.41) is 16.6. The number of hydrogen-bond acceptors (Lipinski definition) is 8. The highest BCUT2D eigenvalue weighted by Gasteiger charge is 2.10. The molecule has 1 fully saturated rings. The van der Waals surface area contributed by atoms with E-state index in [4.69, 9.17) is 16.6 Å². The lowest BCUT2D eigenvalue weighted by molar-refractivity contribution is -0.134. The van der Waals surface area contributed by atoms with Gasteiger partial charge < -0.3 is 42.2 Å². The first-order chi connectivity index (χ1) is 19.0. The summed E-state index contributed by atoms with van der Waals surface area (Å²) < 4.78 is 0. The molecule has 0 saturated heterocycles. The molecule has 11 nitrogen and oxygen atoms in total. The van der Waals surface area contributed by atoms with Crippen LogP contribution in [0.2, 0.25) is 0 Å². The van der Waals surface area contributed by atoms with Crippen LogP contribution < -0.4 is 27.4 Å². The second-order valence-electron chi connectivity index (χ2n) is 8.41. The molecule has 0 aliphatic heterocycles. The van der Waals surface area contributed by atoms with Gasteiger partial charge in [-0.25, -0.2) is 0 Å². The summed E-state index contributed by atoms with van der Waals surface area (Å²) in [6, 6.07) is 5.81. The van der Waals surface area contributed by atoms with Crippen LogP contribution in [0.25, 0.3) is 0 Å². The average molecular weight is 583 g/mol. The molecular weight excluding hydrogens is 532 g/mol. The van der Waals surface area contributed by atoms with Gasteiger partial charge in [-0.05, 0) is 65.3 Å². The summed E-state index contributed by atoms with van der Waals surface area (Å²) in [4.78, 5) is 44.0. The van der Waals surface area contributed by atoms with Crippen molar-refractivity contribution in [3.05, 3.63) is 36.5 Å². The summed E-state index contributed by atoms with van der Waals surface area (Å²) in [6.45, 7) is 7.99. The van der Waals surface area contributed by atoms with Crippen LogP contribution in [-0.4, -0.2) is 73.2 Å². The predicted molar refractivity (Wildman–Crippen MR) is 167 cm³/mol. The molecule has 0 spiro atoms. The first kappa shape index (κ1) is 41.1. The van der Waals surface area contributed by atoms with Crippen molar-refractivity contribution in [1.82, 2.24) is 15.5 Å². The average Bonchev–Trinajstić information content (AvgIpc) is 2.94. The van der Waals surface area contributed by atoms with E-state index in [1.165, 1.54) is 43.5 Å². The van der Waals surface area contributed by atoms with Crippen LogP contribution in [0.1, 0.15) is 59.3 Å². The van der Waals surface area contributed by atoms with Crippen molar-refractivity contribution in [3.8, 4) is 5.75 Å². The standard InChI is InChI=1S/C9H17N3OS.C8H8N2O3.C7H12O.C2H7N.C2H6/c1-3-6-12(2)7-4-5-11-9(14)8(10)13;9-7(12)8(13)10-5-2-1-3-6(11)4-5;8-6-7-4-2-1-3-5-7;1-3-2;1-2/h4-5H,3,6-7H2,1-2H3,(H2,10,13)(H,11,14);1-4,11H,(H2,9,12)(H,10,13);6-7H,1-5H2;3H,1-2H3;1-2H3/b5-4+;;;;. The number of aromatic hydroxyl groups is 1. The SMILES string of the molecule is CC.CCCN(C)C/C=C/NC(=S)C(N)=O.CNC.NC(=O)C(=O)Nc1cccc(O)c1.O=CC1CCCCC1. The molecule has 1 saturated carbocycles. The van der Waals surface area contributed by atoms with E-state index in [0.29, 0.717) is 11.6 Å². The maximum absolute atomic E-state index is 10.8. The molecule has 8 N–H and O–H groups in total. The van der Waals surface area contributed by atoms with Gasteiger partial charge in [-0.15, -0.1) is 0 Å². The first-order valence-corrected chi connectivity index (χ1v) is 13.8. The van der Waals surface area contributed by atoms with Crippen LogP contribution in [0.5, 0.6) is 5.75 Å². The molecule has 40 heavy (non-hydrogen) atoms. The topological polar surface area (TPSA) is 180 Å². The number of amides is 3. The third kappa shape index (κ3) is 26.3. The quantitative estimate of drug-likeness (QED) is 0.160. The highest BCUT2D eigenvalue weighted by atomic mass is 32.1. The van der Waals surface area contributed by atoms with Crippen molar-refractivity contribution in [3.63, 3.8) is 0 Å². The van der Waals surface area contributed by atoms with Crippen molar-refractivity contribution >= 4 is 46.9 Å². The lowest BCUT2D eigenvalue weighted by atomic mass is 9.91. The van der Waals surface area contributed by atoms with Gasteiger partial charge in [0.25, 0.3) is 5.91 Å². The Balaban J connectivity index is -0.000000485. The van der Waals surface area contributed by atoms with Gasteiger partial charge in [0.05, 0.1) is 0 Å². The Morgan fingerprint density at radius 2 is 1.68 bits per heavy atom. The highest BCUT2D eigenvalue weighted by Crippen LogP contribution is 2.21. The number of thiocarbonyl (C=S) groups is 1. The smallest absolute Gasteiger partial charge is 0.313 e. The second kappa shape index (κ2) is 28.7. The Bertz CT molecular complexity index is 877. The molecular formula is C28H50N6O5S. The van der Waals surface area contributed by atoms with E-state index in [2.05, 4.69) is 40.0 Å². The van der Waals surface area contributed by atoms with Crippen LogP contribution in [0.15, 0.2) is 36.5 Å². The van der Waals surface area contributed by atoms with Gasteiger partial charge in [-0.3, -0.25) is 14.4 Å². The molecule has 1 aliphatic carbocycles. The largest absolute Gasteiger partial charge is 0.508 e. The van der Waals surface area contributed by atoms with Gasteiger partial charge in [-0.1, -0.05) is 64.4 Å². The lowest BCUT2D eigenvalue weighted by Crippen LogP contribution is -2.31. The number of benzene rings is 1. The summed E-state index contributed by atoms with van der Waals surface area (Å²) >= 11 is 4.66. The Hall–Kier alpha value is -3.35. The lowest BCUT2D eigenvalue weighted by Gasteiger charge is -2.14. The molecule has 0 aromatic heterocycles. The third-order valence-corrected chi connectivity index (χ3v) is 5.07. The van der Waals surface area contributed by atoms with Gasteiger partial charge in [0.2, 0.25) is 0 Å². The zero-order valence-electron chi connectivity index (χ0n) is 24.9. The maximum Gasteiger partial charge on any atom is 0.313 e. The van der Waals surface area contributed by atoms with Crippen molar-refractivity contribution in [2.75, 3.05) is 39.5 Å². The van der Waals surface area contributed by atoms with E-state index >= 15 is 0 Å². The minimum Gasteiger partial charge on any atom is -0.508 e. The van der Waals surface area contributed by atoms with Crippen LogP contribution in [-0.2, 0) is 19.2 Å². The van der Waals surface area contributed by atoms with Gasteiger partial charge in [0.15, 0.2) is 4.99 Å². The van der Waals surface area contributed by atoms with Crippen LogP contribution in [0, 0.1) is 5.92 Å². The summed E-state index contributed by atoms with van der Waals surface area (Å²) in [6.07, 6.45) is 11.9. The van der Waals surface area contributed by atoms with E-state index in [0.717, 1.165) is 38.6 Å². The molecule has 0 heterocycles. The monoisotopic (exact) mass is 582 g/mol. The van der Waals surface area contributed by atoms with E-state index in [9.17, 15) is 19.2 Å². The number of carbonyl (C=O) groups is 4. The molecule has 1 aromatic carbocycles. The number of nitrogens with one attached hydrogen (secondary N) is 3. The number of aldehydes is 1. The Kier molecular flexibility index (Phi) is 29.5. The van der Waals surface area contributed by atoms with Gasteiger partial charge >= 0.3 is 11.8 Å². The molecule has 2 rings (SSSR count). The Labute approximate surface area is 245 Å².